The summed E-state index contributed by atoms with van der Waals surface area (Å²) in [6.07, 6.45) is 0. The van der Waals surface area contributed by atoms with Crippen LogP contribution in [0.3, 0.4) is 0 Å². The molecular weight excluding hydrogens is 420 g/mol. The number of carbonyl (C=O) groups is 1. The molecule has 1 aliphatic rings. The summed E-state index contributed by atoms with van der Waals surface area (Å²) in [7, 11) is -1.44. The van der Waals surface area contributed by atoms with E-state index in [1.54, 1.807) is 4.90 Å². The van der Waals surface area contributed by atoms with E-state index in [0.717, 1.165) is 21.8 Å². The molecule has 3 aromatic rings. The maximum Gasteiger partial charge on any atom is 0.233 e. The number of carbonyl (C=O) groups excluding carboxylic acids is 1. The number of aryl methyl sites for hydroxylation is 1. The van der Waals surface area contributed by atoms with Gasteiger partial charge in [-0.1, -0.05) is 54.2 Å². The summed E-state index contributed by atoms with van der Waals surface area (Å²) in [5, 5.41) is 0.800. The lowest BCUT2D eigenvalue weighted by Gasteiger charge is -2.34. The van der Waals surface area contributed by atoms with Crippen LogP contribution in [-0.2, 0) is 27.6 Å². The molecule has 1 aliphatic heterocycles. The molecule has 1 aromatic heterocycles. The molecule has 0 spiro atoms. The van der Waals surface area contributed by atoms with Crippen molar-refractivity contribution < 1.29 is 13.2 Å². The molecule has 0 aliphatic carbocycles. The van der Waals surface area contributed by atoms with Crippen LogP contribution in [0.5, 0.6) is 0 Å². The highest BCUT2D eigenvalue weighted by molar-refractivity contribution is 7.99. The highest BCUT2D eigenvalue weighted by atomic mass is 32.2. The molecule has 9 heteroatoms. The zero-order chi connectivity index (χ0) is 21.1. The van der Waals surface area contributed by atoms with Gasteiger partial charge < -0.3 is 9.47 Å². The first-order valence-electron chi connectivity index (χ1n) is 9.78. The molecule has 1 saturated heterocycles. The zero-order valence-corrected chi connectivity index (χ0v) is 18.4. The van der Waals surface area contributed by atoms with Crippen molar-refractivity contribution in [2.45, 2.75) is 10.9 Å². The predicted octanol–water partition coefficient (Wildman–Crippen LogP) is 2.34. The van der Waals surface area contributed by atoms with Crippen molar-refractivity contribution in [3.8, 4) is 0 Å². The van der Waals surface area contributed by atoms with Gasteiger partial charge in [-0.15, -0.1) is 0 Å². The number of para-hydroxylation sites is 2. The average Bonchev–Trinajstić information content (AvgIpc) is 3.08. The SMILES string of the molecule is Cn1c(SCC(=O)N2CCN(S(=O)(=O)Cc3ccccc3)CC2)nc2ccccc21. The molecule has 2 aromatic carbocycles. The summed E-state index contributed by atoms with van der Waals surface area (Å²) < 4.78 is 28.8. The first kappa shape index (κ1) is 20.9. The molecule has 1 amide bonds. The predicted molar refractivity (Wildman–Crippen MR) is 119 cm³/mol. The van der Waals surface area contributed by atoms with Crippen molar-refractivity contribution in [3.63, 3.8) is 0 Å². The van der Waals surface area contributed by atoms with Crippen molar-refractivity contribution >= 4 is 38.7 Å². The molecule has 0 bridgehead atoms. The lowest BCUT2D eigenvalue weighted by atomic mass is 10.2. The van der Waals surface area contributed by atoms with Crippen LogP contribution in [0.4, 0.5) is 0 Å². The van der Waals surface area contributed by atoms with Gasteiger partial charge in [-0.05, 0) is 17.7 Å². The van der Waals surface area contributed by atoms with Crippen LogP contribution < -0.4 is 0 Å². The Morgan fingerprint density at radius 3 is 2.37 bits per heavy atom. The first-order valence-corrected chi connectivity index (χ1v) is 12.4. The van der Waals surface area contributed by atoms with Gasteiger partial charge >= 0.3 is 0 Å². The van der Waals surface area contributed by atoms with E-state index in [1.807, 2.05) is 66.2 Å². The van der Waals surface area contributed by atoms with Gasteiger partial charge in [-0.3, -0.25) is 4.79 Å². The maximum atomic E-state index is 12.7. The minimum Gasteiger partial charge on any atom is -0.339 e. The average molecular weight is 445 g/mol. The number of hydrogen-bond acceptors (Lipinski definition) is 5. The number of rotatable bonds is 6. The fourth-order valence-corrected chi connectivity index (χ4v) is 5.97. The van der Waals surface area contributed by atoms with Crippen molar-refractivity contribution in [2.24, 2.45) is 7.05 Å². The molecule has 7 nitrogen and oxygen atoms in total. The summed E-state index contributed by atoms with van der Waals surface area (Å²) in [6, 6.07) is 17.0. The van der Waals surface area contributed by atoms with Crippen molar-refractivity contribution in [2.75, 3.05) is 31.9 Å². The van der Waals surface area contributed by atoms with Crippen LogP contribution in [0.1, 0.15) is 5.56 Å². The summed E-state index contributed by atoms with van der Waals surface area (Å²) in [6.45, 7) is 1.49. The van der Waals surface area contributed by atoms with E-state index in [2.05, 4.69) is 4.98 Å². The third kappa shape index (κ3) is 4.53. The summed E-state index contributed by atoms with van der Waals surface area (Å²) in [5.74, 6) is 0.283. The quantitative estimate of drug-likeness (QED) is 0.546. The highest BCUT2D eigenvalue weighted by Gasteiger charge is 2.29. The number of amides is 1. The van der Waals surface area contributed by atoms with Crippen molar-refractivity contribution in [1.29, 1.82) is 0 Å². The van der Waals surface area contributed by atoms with Gasteiger partial charge in [0, 0.05) is 33.2 Å². The standard InChI is InChI=1S/C21H24N4O3S2/c1-23-19-10-6-5-9-18(19)22-21(23)29-15-20(26)24-11-13-25(14-12-24)30(27,28)16-17-7-3-2-4-8-17/h2-10H,11-16H2,1H3. The van der Waals surface area contributed by atoms with Crippen molar-refractivity contribution in [1.82, 2.24) is 18.8 Å². The number of imidazole rings is 1. The van der Waals surface area contributed by atoms with Crippen LogP contribution in [0.25, 0.3) is 11.0 Å². The Hall–Kier alpha value is -2.36. The molecule has 0 atom stereocenters. The summed E-state index contributed by atoms with van der Waals surface area (Å²) in [5.41, 5.74) is 2.71. The number of thioether (sulfide) groups is 1. The molecule has 1 fully saturated rings. The van der Waals surface area contributed by atoms with Crippen LogP contribution in [0.15, 0.2) is 59.8 Å². The molecular formula is C21H24N4O3S2. The van der Waals surface area contributed by atoms with Crippen LogP contribution >= 0.6 is 11.8 Å². The number of benzene rings is 2. The number of hydrogen-bond donors (Lipinski definition) is 0. The maximum absolute atomic E-state index is 12.7. The first-order chi connectivity index (χ1) is 14.4. The van der Waals surface area contributed by atoms with Crippen LogP contribution in [0, 0.1) is 0 Å². The van der Waals surface area contributed by atoms with E-state index in [1.165, 1.54) is 16.1 Å². The lowest BCUT2D eigenvalue weighted by Crippen LogP contribution is -2.51. The Morgan fingerprint density at radius 2 is 1.67 bits per heavy atom. The van der Waals surface area contributed by atoms with E-state index in [-0.39, 0.29) is 17.4 Å². The molecule has 4 rings (SSSR count). The fraction of sp³-hybridized carbons (Fsp3) is 0.333. The van der Waals surface area contributed by atoms with Gasteiger partial charge in [0.1, 0.15) is 0 Å². The smallest absolute Gasteiger partial charge is 0.233 e. The van der Waals surface area contributed by atoms with Gasteiger partial charge in [0.25, 0.3) is 0 Å². The number of fused-ring (bicyclic) bond motifs is 1. The Bertz CT molecular complexity index is 1140. The Kier molecular flexibility index (Phi) is 6.12. The third-order valence-electron chi connectivity index (χ3n) is 5.25. The number of nitrogens with zero attached hydrogens (tertiary/aromatic N) is 4. The highest BCUT2D eigenvalue weighted by Crippen LogP contribution is 2.23. The van der Waals surface area contributed by atoms with E-state index < -0.39 is 10.0 Å². The Labute approximate surface area is 180 Å². The number of aromatic nitrogens is 2. The third-order valence-corrected chi connectivity index (χ3v) is 8.11. The van der Waals surface area contributed by atoms with E-state index in [4.69, 9.17) is 0 Å². The Morgan fingerprint density at radius 1 is 1.00 bits per heavy atom. The van der Waals surface area contributed by atoms with Crippen LogP contribution in [-0.4, -0.2) is 65.0 Å². The van der Waals surface area contributed by atoms with Gasteiger partial charge in [-0.2, -0.15) is 4.31 Å². The molecule has 0 saturated carbocycles. The molecule has 0 N–H and O–H groups in total. The van der Waals surface area contributed by atoms with Gasteiger partial charge in [0.05, 0.1) is 22.5 Å². The van der Waals surface area contributed by atoms with Gasteiger partial charge in [0.15, 0.2) is 5.16 Å². The van der Waals surface area contributed by atoms with E-state index in [9.17, 15) is 13.2 Å². The van der Waals surface area contributed by atoms with E-state index in [0.29, 0.717) is 26.2 Å². The van der Waals surface area contributed by atoms with Crippen molar-refractivity contribution in [3.05, 3.63) is 60.2 Å². The monoisotopic (exact) mass is 444 g/mol. The second kappa shape index (κ2) is 8.79. The van der Waals surface area contributed by atoms with Gasteiger partial charge in [-0.25, -0.2) is 13.4 Å². The zero-order valence-electron chi connectivity index (χ0n) is 16.8. The fourth-order valence-electron chi connectivity index (χ4n) is 3.56. The second-order valence-electron chi connectivity index (χ2n) is 7.25. The second-order valence-corrected chi connectivity index (χ2v) is 10.2. The lowest BCUT2D eigenvalue weighted by molar-refractivity contribution is -0.129. The molecule has 2 heterocycles. The minimum absolute atomic E-state index is 0.00663. The summed E-state index contributed by atoms with van der Waals surface area (Å²) in [4.78, 5) is 19.0. The molecule has 30 heavy (non-hydrogen) atoms. The largest absolute Gasteiger partial charge is 0.339 e. The summed E-state index contributed by atoms with van der Waals surface area (Å²) >= 11 is 1.41. The Balaban J connectivity index is 1.31. The number of piperazine rings is 1. The molecule has 158 valence electrons. The van der Waals surface area contributed by atoms with Gasteiger partial charge in [0.2, 0.25) is 15.9 Å². The minimum atomic E-state index is -3.38. The molecule has 0 unspecified atom stereocenters. The van der Waals surface area contributed by atoms with E-state index >= 15 is 0 Å². The molecule has 0 radical (unpaired) electrons. The normalized spacial score (nSPS) is 15.6. The van der Waals surface area contributed by atoms with Crippen LogP contribution in [0.2, 0.25) is 0 Å². The topological polar surface area (TPSA) is 75.5 Å². The number of sulfonamides is 1.